The van der Waals surface area contributed by atoms with Gasteiger partial charge in [0.05, 0.1) is 35.5 Å². The molecule has 1 saturated heterocycles. The highest BCUT2D eigenvalue weighted by atomic mass is 19.1. The molecule has 0 bridgehead atoms. The maximum absolute atomic E-state index is 13.5. The van der Waals surface area contributed by atoms with Crippen LogP contribution in [-0.4, -0.2) is 64.3 Å². The van der Waals surface area contributed by atoms with E-state index in [0.29, 0.717) is 35.5 Å². The highest BCUT2D eigenvalue weighted by molar-refractivity contribution is 6.05. The summed E-state index contributed by atoms with van der Waals surface area (Å²) in [5, 5.41) is 9.83. The smallest absolute Gasteiger partial charge is 0.257 e. The van der Waals surface area contributed by atoms with E-state index in [4.69, 9.17) is 9.47 Å². The highest BCUT2D eigenvalue weighted by Gasteiger charge is 2.39. The summed E-state index contributed by atoms with van der Waals surface area (Å²) in [4.78, 5) is 40.3. The van der Waals surface area contributed by atoms with Gasteiger partial charge in [0.15, 0.2) is 0 Å². The van der Waals surface area contributed by atoms with E-state index in [9.17, 15) is 18.8 Å². The molecule has 0 unspecified atom stereocenters. The minimum atomic E-state index is -0.512. The molecule has 5 rings (SSSR count). The van der Waals surface area contributed by atoms with Crippen molar-refractivity contribution in [2.24, 2.45) is 7.05 Å². The van der Waals surface area contributed by atoms with Gasteiger partial charge < -0.3 is 25.0 Å². The van der Waals surface area contributed by atoms with Crippen molar-refractivity contribution in [1.82, 2.24) is 14.7 Å². The van der Waals surface area contributed by atoms with Crippen LogP contribution in [0.25, 0.3) is 0 Å². The fourth-order valence-electron chi connectivity index (χ4n) is 5.07. The van der Waals surface area contributed by atoms with Crippen molar-refractivity contribution in [1.29, 1.82) is 0 Å². The number of benzene rings is 2. The molecule has 2 aromatic carbocycles. The number of nitrogens with zero attached hydrogens (tertiary/aromatic N) is 3. The van der Waals surface area contributed by atoms with Crippen molar-refractivity contribution in [3.63, 3.8) is 0 Å². The van der Waals surface area contributed by atoms with E-state index in [1.807, 2.05) is 6.92 Å². The number of aryl methyl sites for hydroxylation is 2. The summed E-state index contributed by atoms with van der Waals surface area (Å²) in [5.41, 5.74) is 2.27. The second kappa shape index (κ2) is 10.9. The molecule has 1 aromatic heterocycles. The molecule has 0 saturated carbocycles. The van der Waals surface area contributed by atoms with Crippen LogP contribution in [0.2, 0.25) is 0 Å². The van der Waals surface area contributed by atoms with Crippen LogP contribution in [0.15, 0.2) is 48.7 Å². The molecule has 3 atom stereocenters. The summed E-state index contributed by atoms with van der Waals surface area (Å²) >= 11 is 0. The molecule has 2 aliphatic rings. The molecule has 0 radical (unpaired) electrons. The maximum atomic E-state index is 13.5. The second-order valence-electron chi connectivity index (χ2n) is 9.90. The van der Waals surface area contributed by atoms with Crippen LogP contribution >= 0.6 is 0 Å². The summed E-state index contributed by atoms with van der Waals surface area (Å²) in [5.74, 6) is -1.07. The first-order chi connectivity index (χ1) is 18.7. The predicted octanol–water partition coefficient (Wildman–Crippen LogP) is 3.53. The standard InChI is InChI=1S/C28H30FN5O5/c1-16-22(14-33(2)32-16)31-26(35)13-20-8-9-23-25(39-20)15-38-24-10-7-19(12-21(24)28(37)34(23)3)30-27(36)17-5-4-6-18(29)11-17/h4-7,10-12,14,20,23,25H,8-9,13,15H2,1-3H3,(H,30,36)(H,31,35)/t20-,23-,25+/m0/s1. The Morgan fingerprint density at radius 2 is 1.95 bits per heavy atom. The van der Waals surface area contributed by atoms with Gasteiger partial charge in [-0.15, -0.1) is 0 Å². The Morgan fingerprint density at radius 3 is 2.69 bits per heavy atom. The lowest BCUT2D eigenvalue weighted by atomic mass is 9.94. The van der Waals surface area contributed by atoms with Crippen LogP contribution in [0.4, 0.5) is 15.8 Å². The molecule has 0 aliphatic carbocycles. The van der Waals surface area contributed by atoms with E-state index in [0.717, 1.165) is 11.8 Å². The Balaban J connectivity index is 1.25. The number of hydrogen-bond donors (Lipinski definition) is 2. The van der Waals surface area contributed by atoms with Crippen molar-refractivity contribution < 1.29 is 28.2 Å². The molecule has 2 aliphatic heterocycles. The molecule has 2 N–H and O–H groups in total. The number of halogens is 1. The van der Waals surface area contributed by atoms with E-state index in [1.54, 1.807) is 48.1 Å². The van der Waals surface area contributed by atoms with Crippen LogP contribution < -0.4 is 15.4 Å². The molecular weight excluding hydrogens is 505 g/mol. The van der Waals surface area contributed by atoms with Gasteiger partial charge >= 0.3 is 0 Å². The lowest BCUT2D eigenvalue weighted by Crippen LogP contribution is -2.53. The van der Waals surface area contributed by atoms with Gasteiger partial charge in [-0.2, -0.15) is 5.10 Å². The first kappa shape index (κ1) is 26.4. The minimum absolute atomic E-state index is 0.163. The summed E-state index contributed by atoms with van der Waals surface area (Å²) < 4.78 is 27.4. The van der Waals surface area contributed by atoms with Crippen molar-refractivity contribution in [3.05, 3.63) is 71.3 Å². The second-order valence-corrected chi connectivity index (χ2v) is 9.90. The van der Waals surface area contributed by atoms with Gasteiger partial charge in [-0.25, -0.2) is 4.39 Å². The number of aromatic nitrogens is 2. The molecular formula is C28H30FN5O5. The molecule has 39 heavy (non-hydrogen) atoms. The third-order valence-corrected chi connectivity index (χ3v) is 7.06. The largest absolute Gasteiger partial charge is 0.490 e. The van der Waals surface area contributed by atoms with Crippen molar-refractivity contribution in [2.75, 3.05) is 24.3 Å². The van der Waals surface area contributed by atoms with Crippen molar-refractivity contribution in [2.45, 2.75) is 44.4 Å². The number of ether oxygens (including phenoxy) is 2. The Morgan fingerprint density at radius 1 is 1.13 bits per heavy atom. The number of amides is 3. The Kier molecular flexibility index (Phi) is 7.34. The molecule has 10 nitrogen and oxygen atoms in total. The minimum Gasteiger partial charge on any atom is -0.490 e. The molecule has 11 heteroatoms. The fraction of sp³-hybridized carbons (Fsp3) is 0.357. The Labute approximate surface area is 225 Å². The highest BCUT2D eigenvalue weighted by Crippen LogP contribution is 2.33. The molecule has 0 spiro atoms. The van der Waals surface area contributed by atoms with Crippen LogP contribution in [0.5, 0.6) is 5.75 Å². The third kappa shape index (κ3) is 5.78. The lowest BCUT2D eigenvalue weighted by molar-refractivity contribution is -0.130. The van der Waals surface area contributed by atoms with E-state index < -0.39 is 17.8 Å². The van der Waals surface area contributed by atoms with Crippen LogP contribution in [0.3, 0.4) is 0 Å². The van der Waals surface area contributed by atoms with Gasteiger partial charge in [0.25, 0.3) is 11.8 Å². The van der Waals surface area contributed by atoms with E-state index in [2.05, 4.69) is 15.7 Å². The first-order valence-corrected chi connectivity index (χ1v) is 12.7. The van der Waals surface area contributed by atoms with Crippen LogP contribution in [-0.2, 0) is 16.6 Å². The topological polar surface area (TPSA) is 115 Å². The van der Waals surface area contributed by atoms with Gasteiger partial charge in [-0.3, -0.25) is 19.1 Å². The molecule has 204 valence electrons. The maximum Gasteiger partial charge on any atom is 0.257 e. The normalized spacial score (nSPS) is 20.7. The number of carbonyl (C=O) groups is 3. The number of rotatable bonds is 5. The monoisotopic (exact) mass is 535 g/mol. The Hall–Kier alpha value is -4.25. The van der Waals surface area contributed by atoms with Gasteiger partial charge in [0.1, 0.15) is 24.3 Å². The van der Waals surface area contributed by atoms with E-state index >= 15 is 0 Å². The van der Waals surface area contributed by atoms with Gasteiger partial charge in [-0.05, 0) is 56.2 Å². The van der Waals surface area contributed by atoms with Crippen LogP contribution in [0, 0.1) is 12.7 Å². The van der Waals surface area contributed by atoms with Gasteiger partial charge in [0.2, 0.25) is 5.91 Å². The quantitative estimate of drug-likeness (QED) is 0.517. The number of anilines is 2. The predicted molar refractivity (Wildman–Crippen MR) is 141 cm³/mol. The van der Waals surface area contributed by atoms with Crippen molar-refractivity contribution >= 4 is 29.1 Å². The third-order valence-electron chi connectivity index (χ3n) is 7.06. The average molecular weight is 536 g/mol. The molecule has 3 heterocycles. The lowest BCUT2D eigenvalue weighted by Gasteiger charge is -2.42. The molecule has 3 amide bonds. The number of carbonyl (C=O) groups excluding carboxylic acids is 3. The van der Waals surface area contributed by atoms with Gasteiger partial charge in [-0.1, -0.05) is 6.07 Å². The summed E-state index contributed by atoms with van der Waals surface area (Å²) in [6.07, 6.45) is 2.46. The zero-order valence-electron chi connectivity index (χ0n) is 21.9. The average Bonchev–Trinajstić information content (AvgIpc) is 3.22. The number of fused-ring (bicyclic) bond motifs is 2. The zero-order valence-corrected chi connectivity index (χ0v) is 21.9. The summed E-state index contributed by atoms with van der Waals surface area (Å²) in [6.45, 7) is 2.03. The summed E-state index contributed by atoms with van der Waals surface area (Å²) in [6, 6.07) is 9.93. The number of nitrogens with one attached hydrogen (secondary N) is 2. The van der Waals surface area contributed by atoms with E-state index in [1.165, 1.54) is 18.2 Å². The van der Waals surface area contributed by atoms with Crippen molar-refractivity contribution in [3.8, 4) is 5.75 Å². The first-order valence-electron chi connectivity index (χ1n) is 12.7. The fourth-order valence-corrected chi connectivity index (χ4v) is 5.07. The molecule has 1 fully saturated rings. The molecule has 3 aromatic rings. The Bertz CT molecular complexity index is 1420. The van der Waals surface area contributed by atoms with Crippen LogP contribution in [0.1, 0.15) is 45.7 Å². The van der Waals surface area contributed by atoms with Gasteiger partial charge in [0, 0.05) is 31.5 Å². The van der Waals surface area contributed by atoms with E-state index in [-0.39, 0.29) is 42.6 Å². The number of hydrogen-bond acceptors (Lipinski definition) is 6. The number of likely N-dealkylation sites (N-methyl/N-ethyl adjacent to an activating group) is 1. The SMILES string of the molecule is Cc1nn(C)cc1NC(=O)C[C@@H]1CC[C@H]2[C@@H](COc3ccc(NC(=O)c4cccc(F)c4)cc3C(=O)N2C)O1. The summed E-state index contributed by atoms with van der Waals surface area (Å²) in [7, 11) is 3.51. The zero-order chi connectivity index (χ0) is 27.7.